The van der Waals surface area contributed by atoms with Crippen LogP contribution in [0, 0.1) is 0 Å². The van der Waals surface area contributed by atoms with Crippen LogP contribution >= 0.6 is 0 Å². The third kappa shape index (κ3) is 3.83. The van der Waals surface area contributed by atoms with Gasteiger partial charge in [0.1, 0.15) is 0 Å². The molecule has 1 heterocycles. The summed E-state index contributed by atoms with van der Waals surface area (Å²) in [6, 6.07) is 34.3. The number of benzene rings is 4. The lowest BCUT2D eigenvalue weighted by Crippen LogP contribution is -2.17. The minimum atomic E-state index is -0.226. The van der Waals surface area contributed by atoms with Crippen molar-refractivity contribution in [2.24, 2.45) is 5.10 Å². The third-order valence-corrected chi connectivity index (χ3v) is 5.42. The van der Waals surface area contributed by atoms with Crippen molar-refractivity contribution in [1.29, 1.82) is 0 Å². The molecule has 0 aliphatic carbocycles. The second-order valence-corrected chi connectivity index (χ2v) is 7.43. The maximum atomic E-state index is 12.4. The highest BCUT2D eigenvalue weighted by Crippen LogP contribution is 2.29. The molecule has 0 saturated heterocycles. The zero-order valence-corrected chi connectivity index (χ0v) is 16.9. The standard InChI is InChI=1S/C27H21N3O/c31-27(29-28-18-20-8-2-1-3-9-20)22-16-14-21(15-17-22)19-30-25-12-6-4-10-23(25)24-11-5-7-13-26(24)30/h1-18H,19H2,(H,29,31)/b28-18+. The number of carbonyl (C=O) groups excluding carboxylic acids is 1. The number of fused-ring (bicyclic) bond motifs is 3. The Labute approximate surface area is 180 Å². The van der Waals surface area contributed by atoms with Gasteiger partial charge in [-0.25, -0.2) is 5.43 Å². The predicted molar refractivity (Wildman–Crippen MR) is 126 cm³/mol. The van der Waals surface area contributed by atoms with Gasteiger partial charge in [0.05, 0.1) is 6.21 Å². The minimum Gasteiger partial charge on any atom is -0.336 e. The molecule has 0 aliphatic rings. The molecule has 1 amide bonds. The van der Waals surface area contributed by atoms with Crippen LogP contribution < -0.4 is 5.43 Å². The van der Waals surface area contributed by atoms with E-state index in [1.807, 2.05) is 54.6 Å². The molecule has 150 valence electrons. The van der Waals surface area contributed by atoms with Gasteiger partial charge in [-0.3, -0.25) is 4.79 Å². The summed E-state index contributed by atoms with van der Waals surface area (Å²) >= 11 is 0. The number of hydrogen-bond acceptors (Lipinski definition) is 2. The monoisotopic (exact) mass is 403 g/mol. The summed E-state index contributed by atoms with van der Waals surface area (Å²) in [4.78, 5) is 12.4. The molecule has 0 radical (unpaired) electrons. The van der Waals surface area contributed by atoms with E-state index in [0.717, 1.165) is 17.7 Å². The van der Waals surface area contributed by atoms with Gasteiger partial charge in [0.25, 0.3) is 5.91 Å². The number of carbonyl (C=O) groups is 1. The van der Waals surface area contributed by atoms with Gasteiger partial charge >= 0.3 is 0 Å². The minimum absolute atomic E-state index is 0.226. The summed E-state index contributed by atoms with van der Waals surface area (Å²) in [7, 11) is 0. The Morgan fingerprint density at radius 3 is 1.97 bits per heavy atom. The van der Waals surface area contributed by atoms with E-state index in [-0.39, 0.29) is 5.91 Å². The van der Waals surface area contributed by atoms with Crippen molar-refractivity contribution in [2.45, 2.75) is 6.54 Å². The van der Waals surface area contributed by atoms with E-state index < -0.39 is 0 Å². The fraction of sp³-hybridized carbons (Fsp3) is 0.0370. The molecule has 4 heteroatoms. The van der Waals surface area contributed by atoms with Gasteiger partial charge in [0.15, 0.2) is 0 Å². The first-order chi connectivity index (χ1) is 15.3. The molecule has 5 rings (SSSR count). The number of aromatic nitrogens is 1. The zero-order valence-electron chi connectivity index (χ0n) is 16.9. The van der Waals surface area contributed by atoms with Crippen LogP contribution in [-0.2, 0) is 6.54 Å². The van der Waals surface area contributed by atoms with Gasteiger partial charge in [0.2, 0.25) is 0 Å². The van der Waals surface area contributed by atoms with E-state index in [2.05, 4.69) is 63.6 Å². The molecular formula is C27H21N3O. The van der Waals surface area contributed by atoms with Crippen molar-refractivity contribution in [3.05, 3.63) is 120 Å². The zero-order chi connectivity index (χ0) is 21.0. The van der Waals surface area contributed by atoms with Gasteiger partial charge in [-0.15, -0.1) is 0 Å². The molecule has 0 aliphatic heterocycles. The Hall–Kier alpha value is -4.18. The smallest absolute Gasteiger partial charge is 0.271 e. The molecule has 0 atom stereocenters. The van der Waals surface area contributed by atoms with Gasteiger partial charge in [-0.05, 0) is 35.4 Å². The number of nitrogens with zero attached hydrogens (tertiary/aromatic N) is 2. The topological polar surface area (TPSA) is 46.4 Å². The molecule has 0 fully saturated rings. The Balaban J connectivity index is 1.35. The molecule has 31 heavy (non-hydrogen) atoms. The SMILES string of the molecule is O=C(N/N=C/c1ccccc1)c1ccc(Cn2c3ccccc3c3ccccc32)cc1. The van der Waals surface area contributed by atoms with Crippen molar-refractivity contribution in [2.75, 3.05) is 0 Å². The normalized spacial score (nSPS) is 11.4. The average Bonchev–Trinajstić information content (AvgIpc) is 3.14. The first kappa shape index (κ1) is 18.8. The lowest BCUT2D eigenvalue weighted by Gasteiger charge is -2.08. The average molecular weight is 403 g/mol. The van der Waals surface area contributed by atoms with E-state index in [9.17, 15) is 4.79 Å². The molecular weight excluding hydrogens is 382 g/mol. The number of rotatable bonds is 5. The maximum Gasteiger partial charge on any atom is 0.271 e. The molecule has 0 unspecified atom stereocenters. The molecule has 5 aromatic rings. The lowest BCUT2D eigenvalue weighted by molar-refractivity contribution is 0.0955. The first-order valence-corrected chi connectivity index (χ1v) is 10.2. The van der Waals surface area contributed by atoms with E-state index in [1.54, 1.807) is 6.21 Å². The van der Waals surface area contributed by atoms with Crippen LogP contribution in [0.15, 0.2) is 108 Å². The summed E-state index contributed by atoms with van der Waals surface area (Å²) in [6.45, 7) is 0.738. The van der Waals surface area contributed by atoms with Crippen LogP contribution in [0.4, 0.5) is 0 Å². The number of hydrazone groups is 1. The molecule has 1 aromatic heterocycles. The largest absolute Gasteiger partial charge is 0.336 e. The molecule has 0 saturated carbocycles. The maximum absolute atomic E-state index is 12.4. The molecule has 1 N–H and O–H groups in total. The number of hydrogen-bond donors (Lipinski definition) is 1. The highest BCUT2D eigenvalue weighted by molar-refractivity contribution is 6.08. The second-order valence-electron chi connectivity index (χ2n) is 7.43. The van der Waals surface area contributed by atoms with Crippen LogP contribution in [0.2, 0.25) is 0 Å². The Bertz CT molecular complexity index is 1330. The van der Waals surface area contributed by atoms with E-state index in [4.69, 9.17) is 0 Å². The number of amides is 1. The summed E-state index contributed by atoms with van der Waals surface area (Å²) < 4.78 is 2.32. The van der Waals surface area contributed by atoms with Crippen molar-refractivity contribution in [3.63, 3.8) is 0 Å². The van der Waals surface area contributed by atoms with Crippen molar-refractivity contribution in [3.8, 4) is 0 Å². The van der Waals surface area contributed by atoms with Crippen LogP contribution in [0.5, 0.6) is 0 Å². The molecule has 4 nitrogen and oxygen atoms in total. The Morgan fingerprint density at radius 1 is 0.742 bits per heavy atom. The first-order valence-electron chi connectivity index (χ1n) is 10.2. The molecule has 4 aromatic carbocycles. The van der Waals surface area contributed by atoms with Crippen LogP contribution in [0.25, 0.3) is 21.8 Å². The highest BCUT2D eigenvalue weighted by atomic mass is 16.2. The lowest BCUT2D eigenvalue weighted by atomic mass is 10.1. The summed E-state index contributed by atoms with van der Waals surface area (Å²) in [6.07, 6.45) is 1.63. The van der Waals surface area contributed by atoms with Crippen LogP contribution in [0.3, 0.4) is 0 Å². The van der Waals surface area contributed by atoms with Gasteiger partial charge < -0.3 is 4.57 Å². The van der Waals surface area contributed by atoms with Crippen LogP contribution in [-0.4, -0.2) is 16.7 Å². The number of para-hydroxylation sites is 2. The summed E-state index contributed by atoms with van der Waals surface area (Å²) in [5, 5.41) is 6.55. The van der Waals surface area contributed by atoms with Gasteiger partial charge in [-0.1, -0.05) is 78.9 Å². The van der Waals surface area contributed by atoms with Gasteiger partial charge in [0, 0.05) is 33.9 Å². The van der Waals surface area contributed by atoms with Crippen molar-refractivity contribution >= 4 is 33.9 Å². The highest BCUT2D eigenvalue weighted by Gasteiger charge is 2.10. The third-order valence-electron chi connectivity index (χ3n) is 5.42. The van der Waals surface area contributed by atoms with Crippen LogP contribution in [0.1, 0.15) is 21.5 Å². The summed E-state index contributed by atoms with van der Waals surface area (Å²) in [5.74, 6) is -0.226. The van der Waals surface area contributed by atoms with E-state index in [1.165, 1.54) is 21.8 Å². The fourth-order valence-corrected chi connectivity index (χ4v) is 3.89. The Kier molecular flexibility index (Phi) is 5.03. The van der Waals surface area contributed by atoms with Crippen molar-refractivity contribution in [1.82, 2.24) is 9.99 Å². The van der Waals surface area contributed by atoms with E-state index in [0.29, 0.717) is 5.56 Å². The summed E-state index contributed by atoms with van der Waals surface area (Å²) in [5.41, 5.74) is 7.65. The number of nitrogens with one attached hydrogen (secondary N) is 1. The fourth-order valence-electron chi connectivity index (χ4n) is 3.89. The predicted octanol–water partition coefficient (Wildman–Crippen LogP) is 5.61. The van der Waals surface area contributed by atoms with Crippen molar-refractivity contribution < 1.29 is 4.79 Å². The molecule has 0 bridgehead atoms. The van der Waals surface area contributed by atoms with Gasteiger partial charge in [-0.2, -0.15) is 5.10 Å². The van der Waals surface area contributed by atoms with E-state index >= 15 is 0 Å². The quantitative estimate of drug-likeness (QED) is 0.301. The second kappa shape index (κ2) is 8.28. The molecule has 0 spiro atoms. The Morgan fingerprint density at radius 2 is 1.32 bits per heavy atom.